The largest absolute Gasteiger partial charge is 0.472 e. The summed E-state index contributed by atoms with van der Waals surface area (Å²) < 4.78 is 68.5. The SMILES string of the molecule is CCCCCC/C=C\C=C/CCCCCCCC(=O)OC[C@H](COP(=O)(O)OC[C@H](O)COP(=O)(O)OC[C@@H](COC(=O)CCCCCCC/C=C\CCCCCCCC)OC(=O)CCCCCCC/C=C\C=C/CCCCCC)OC(=O)CCCCCCC/C=C\CCCCCC. The maximum Gasteiger partial charge on any atom is 0.472 e. The van der Waals surface area contributed by atoms with E-state index in [2.05, 4.69) is 101 Å². The van der Waals surface area contributed by atoms with E-state index in [1.807, 2.05) is 0 Å². The Morgan fingerprint density at radius 1 is 0.286 bits per heavy atom. The topological polar surface area (TPSA) is 237 Å². The molecule has 0 aromatic carbocycles. The summed E-state index contributed by atoms with van der Waals surface area (Å²) in [4.78, 5) is 72.9. The normalized spacial score (nSPS) is 14.3. The van der Waals surface area contributed by atoms with Crippen molar-refractivity contribution in [1.82, 2.24) is 0 Å². The molecule has 0 bridgehead atoms. The molecule has 0 saturated carbocycles. The van der Waals surface area contributed by atoms with Crippen molar-refractivity contribution in [3.63, 3.8) is 0 Å². The fourth-order valence-electron chi connectivity index (χ4n) is 10.6. The number of ether oxygens (including phenoxy) is 4. The van der Waals surface area contributed by atoms with Crippen LogP contribution in [0.5, 0.6) is 0 Å². The summed E-state index contributed by atoms with van der Waals surface area (Å²) in [5.74, 6) is -2.21. The first-order valence-electron chi connectivity index (χ1n) is 39.2. The van der Waals surface area contributed by atoms with Crippen LogP contribution in [0.15, 0.2) is 72.9 Å². The molecule has 570 valence electrons. The van der Waals surface area contributed by atoms with Gasteiger partial charge in [-0.2, -0.15) is 0 Å². The molecule has 0 fully saturated rings. The number of phosphoric ester groups is 2. The van der Waals surface area contributed by atoms with Gasteiger partial charge in [-0.05, 0) is 128 Å². The molecule has 0 amide bonds. The van der Waals surface area contributed by atoms with Crippen LogP contribution in [0.25, 0.3) is 0 Å². The predicted molar refractivity (Wildman–Crippen MR) is 400 cm³/mol. The number of esters is 4. The Kier molecular flexibility index (Phi) is 69.3. The van der Waals surface area contributed by atoms with Crippen molar-refractivity contribution in [2.45, 2.75) is 367 Å². The molecule has 98 heavy (non-hydrogen) atoms. The van der Waals surface area contributed by atoms with E-state index in [1.54, 1.807) is 0 Å². The highest BCUT2D eigenvalue weighted by Gasteiger charge is 2.30. The zero-order valence-corrected chi connectivity index (χ0v) is 64.0. The number of carbonyl (C=O) groups is 4. The van der Waals surface area contributed by atoms with Gasteiger partial charge in [0.1, 0.15) is 19.3 Å². The quantitative estimate of drug-likeness (QED) is 0.0128. The lowest BCUT2D eigenvalue weighted by Crippen LogP contribution is -2.30. The van der Waals surface area contributed by atoms with Gasteiger partial charge < -0.3 is 33.8 Å². The number of aliphatic hydroxyl groups excluding tert-OH is 1. The zero-order valence-electron chi connectivity index (χ0n) is 62.2. The third-order valence-corrected chi connectivity index (χ3v) is 18.6. The Bertz CT molecular complexity index is 2140. The number of aliphatic hydroxyl groups is 1. The van der Waals surface area contributed by atoms with Crippen LogP contribution in [0.3, 0.4) is 0 Å². The van der Waals surface area contributed by atoms with Gasteiger partial charge in [-0.1, -0.05) is 268 Å². The number of hydrogen-bond acceptors (Lipinski definition) is 15. The smallest absolute Gasteiger partial charge is 0.462 e. The van der Waals surface area contributed by atoms with Crippen molar-refractivity contribution in [3.8, 4) is 0 Å². The molecule has 2 unspecified atom stereocenters. The Labute approximate surface area is 596 Å². The second-order valence-corrected chi connectivity index (χ2v) is 29.3. The summed E-state index contributed by atoms with van der Waals surface area (Å²) >= 11 is 0. The van der Waals surface area contributed by atoms with E-state index in [0.717, 1.165) is 154 Å². The molecular weight excluding hydrogens is 1280 g/mol. The summed E-state index contributed by atoms with van der Waals surface area (Å²) in [7, 11) is -9.95. The zero-order chi connectivity index (χ0) is 71.8. The van der Waals surface area contributed by atoms with E-state index in [1.165, 1.54) is 116 Å². The molecule has 19 heteroatoms. The van der Waals surface area contributed by atoms with Crippen LogP contribution in [-0.4, -0.2) is 96.7 Å². The lowest BCUT2D eigenvalue weighted by Gasteiger charge is -2.21. The van der Waals surface area contributed by atoms with Gasteiger partial charge >= 0.3 is 39.5 Å². The standard InChI is InChI=1S/C79H142O17P2/c1-5-9-13-17-21-25-29-33-36-40-43-47-51-55-59-63-76(81)89-69-74(95-78(83)65-61-57-53-49-45-39-32-28-24-20-16-12-8-4)71-93-97(85,86)91-67-73(80)68-92-98(87,88)94-72-75(96-79(84)66-62-58-54-50-46-42-38-35-31-27-23-19-15-11-7-3)70-90-77(82)64-60-56-52-48-44-41-37-34-30-26-22-18-14-10-6-2/h25,27-29,31-38,73-75,80H,5-24,26,30,39-72H2,1-4H3,(H,85,86)(H,87,88)/b29-25-,31-27-,32-28-,36-33-,37-34-,38-35-/t73-,74+,75+/m0/s1. The number of allylic oxidation sites excluding steroid dienone is 12. The third kappa shape index (κ3) is 70.9. The minimum atomic E-state index is -4.98. The average Bonchev–Trinajstić information content (AvgIpc) is 0.959. The monoisotopic (exact) mass is 1420 g/mol. The average molecular weight is 1430 g/mol. The van der Waals surface area contributed by atoms with E-state index < -0.39 is 97.5 Å². The van der Waals surface area contributed by atoms with E-state index in [-0.39, 0.29) is 25.7 Å². The van der Waals surface area contributed by atoms with Crippen LogP contribution in [0.1, 0.15) is 349 Å². The first kappa shape index (κ1) is 94.5. The summed E-state index contributed by atoms with van der Waals surface area (Å²) in [6.07, 6.45) is 71.6. The van der Waals surface area contributed by atoms with E-state index >= 15 is 0 Å². The minimum absolute atomic E-state index is 0.0781. The molecule has 0 aliphatic heterocycles. The molecule has 0 rings (SSSR count). The highest BCUT2D eigenvalue weighted by Crippen LogP contribution is 2.45. The summed E-state index contributed by atoms with van der Waals surface area (Å²) in [5, 5.41) is 10.6. The van der Waals surface area contributed by atoms with Crippen molar-refractivity contribution >= 4 is 39.5 Å². The maximum absolute atomic E-state index is 13.1. The minimum Gasteiger partial charge on any atom is -0.462 e. The number of phosphoric acid groups is 2. The Hall–Kier alpha value is -3.50. The fraction of sp³-hybridized carbons (Fsp3) is 0.797. The predicted octanol–water partition coefficient (Wildman–Crippen LogP) is 22.4. The molecule has 0 saturated heterocycles. The molecule has 0 heterocycles. The van der Waals surface area contributed by atoms with Gasteiger partial charge in [0.15, 0.2) is 12.2 Å². The summed E-state index contributed by atoms with van der Waals surface area (Å²) in [5.41, 5.74) is 0. The molecule has 0 spiro atoms. The highest BCUT2D eigenvalue weighted by atomic mass is 31.2. The van der Waals surface area contributed by atoms with E-state index in [4.69, 9.17) is 37.0 Å². The van der Waals surface area contributed by atoms with Crippen molar-refractivity contribution in [2.24, 2.45) is 0 Å². The van der Waals surface area contributed by atoms with Crippen LogP contribution in [0.2, 0.25) is 0 Å². The van der Waals surface area contributed by atoms with Crippen molar-refractivity contribution in [3.05, 3.63) is 72.9 Å². The van der Waals surface area contributed by atoms with Gasteiger partial charge in [0, 0.05) is 25.7 Å². The molecule has 0 radical (unpaired) electrons. The maximum atomic E-state index is 13.1. The van der Waals surface area contributed by atoms with Crippen molar-refractivity contribution < 1.29 is 80.2 Å². The molecule has 0 aromatic rings. The van der Waals surface area contributed by atoms with E-state index in [0.29, 0.717) is 25.7 Å². The molecule has 0 aliphatic rings. The Morgan fingerprint density at radius 2 is 0.500 bits per heavy atom. The molecule has 0 aromatic heterocycles. The van der Waals surface area contributed by atoms with Crippen LogP contribution in [0.4, 0.5) is 0 Å². The van der Waals surface area contributed by atoms with Crippen LogP contribution in [-0.2, 0) is 65.4 Å². The fourth-order valence-corrected chi connectivity index (χ4v) is 12.2. The molecule has 17 nitrogen and oxygen atoms in total. The van der Waals surface area contributed by atoms with Gasteiger partial charge in [-0.15, -0.1) is 0 Å². The number of unbranched alkanes of at least 4 members (excludes halogenated alkanes) is 38. The molecular formula is C79H142O17P2. The van der Waals surface area contributed by atoms with Gasteiger partial charge in [0.05, 0.1) is 26.4 Å². The summed E-state index contributed by atoms with van der Waals surface area (Å²) in [6, 6.07) is 0. The number of rotatable bonds is 74. The van der Waals surface area contributed by atoms with Crippen LogP contribution >= 0.6 is 15.6 Å². The molecule has 5 atom stereocenters. The second kappa shape index (κ2) is 71.9. The first-order chi connectivity index (χ1) is 47.7. The highest BCUT2D eigenvalue weighted by molar-refractivity contribution is 7.47. The Morgan fingerprint density at radius 3 is 0.776 bits per heavy atom. The van der Waals surface area contributed by atoms with Crippen LogP contribution in [0, 0.1) is 0 Å². The van der Waals surface area contributed by atoms with Gasteiger partial charge in [0.25, 0.3) is 0 Å². The number of hydrogen-bond donors (Lipinski definition) is 3. The number of carbonyl (C=O) groups excluding carboxylic acids is 4. The van der Waals surface area contributed by atoms with E-state index in [9.17, 15) is 43.2 Å². The summed E-state index contributed by atoms with van der Waals surface area (Å²) in [6.45, 7) is 4.80. The Balaban J connectivity index is 5.36. The van der Waals surface area contributed by atoms with Crippen molar-refractivity contribution in [1.29, 1.82) is 0 Å². The lowest BCUT2D eigenvalue weighted by molar-refractivity contribution is -0.161. The van der Waals surface area contributed by atoms with Crippen molar-refractivity contribution in [2.75, 3.05) is 39.6 Å². The lowest BCUT2D eigenvalue weighted by atomic mass is 10.1. The van der Waals surface area contributed by atoms with Crippen LogP contribution < -0.4 is 0 Å². The van der Waals surface area contributed by atoms with Gasteiger partial charge in [-0.3, -0.25) is 37.3 Å². The third-order valence-electron chi connectivity index (χ3n) is 16.7. The second-order valence-electron chi connectivity index (χ2n) is 26.3. The first-order valence-corrected chi connectivity index (χ1v) is 42.2. The molecule has 0 aliphatic carbocycles. The van der Waals surface area contributed by atoms with Gasteiger partial charge in [-0.25, -0.2) is 9.13 Å². The van der Waals surface area contributed by atoms with Gasteiger partial charge in [0.2, 0.25) is 0 Å². The molecule has 3 N–H and O–H groups in total.